The third-order valence-corrected chi connectivity index (χ3v) is 4.46. The quantitative estimate of drug-likeness (QED) is 0.240. The highest BCUT2D eigenvalue weighted by molar-refractivity contribution is 6.14. The molecule has 1 aliphatic heterocycles. The molecule has 2 unspecified atom stereocenters. The van der Waals surface area contributed by atoms with E-state index in [4.69, 9.17) is 9.47 Å². The zero-order valence-electron chi connectivity index (χ0n) is 19.1. The normalized spacial score (nSPS) is 16.6. The number of ether oxygens (including phenoxy) is 2. The first-order valence-corrected chi connectivity index (χ1v) is 9.93. The molecule has 0 saturated heterocycles. The second-order valence-corrected chi connectivity index (χ2v) is 8.63. The maximum Gasteiger partial charge on any atom is 0.329 e. The highest BCUT2D eigenvalue weighted by atomic mass is 16.6. The lowest BCUT2D eigenvalue weighted by Crippen LogP contribution is -2.47. The summed E-state index contributed by atoms with van der Waals surface area (Å²) in [5.41, 5.74) is -0.848. The van der Waals surface area contributed by atoms with E-state index in [0.29, 0.717) is 12.2 Å². The third-order valence-electron chi connectivity index (χ3n) is 4.46. The van der Waals surface area contributed by atoms with Gasteiger partial charge in [-0.2, -0.15) is 0 Å². The number of hydrogen-bond acceptors (Lipinski definition) is 6. The Morgan fingerprint density at radius 3 is 2.10 bits per heavy atom. The molecule has 0 aromatic rings. The first kappa shape index (κ1) is 25.2. The number of nitrogens with zero attached hydrogens (tertiary/aromatic N) is 1. The average Bonchev–Trinajstić information content (AvgIpc) is 2.90. The van der Waals surface area contributed by atoms with Gasteiger partial charge in [-0.25, -0.2) is 4.79 Å². The van der Waals surface area contributed by atoms with E-state index in [2.05, 4.69) is 18.5 Å². The van der Waals surface area contributed by atoms with Gasteiger partial charge >= 0.3 is 5.97 Å². The van der Waals surface area contributed by atoms with Gasteiger partial charge in [-0.15, -0.1) is 0 Å². The Kier molecular flexibility index (Phi) is 8.22. The lowest BCUT2D eigenvalue weighted by molar-refractivity contribution is -0.171. The number of carbonyl (C=O) groups excluding carboxylic acids is 3. The van der Waals surface area contributed by atoms with E-state index < -0.39 is 35.0 Å². The lowest BCUT2D eigenvalue weighted by atomic mass is 9.91. The zero-order chi connectivity index (χ0) is 23.3. The van der Waals surface area contributed by atoms with Gasteiger partial charge in [0.1, 0.15) is 23.0 Å². The Balaban J connectivity index is 2.70. The van der Waals surface area contributed by atoms with E-state index in [1.807, 2.05) is 39.8 Å². The van der Waals surface area contributed by atoms with Gasteiger partial charge in [0.2, 0.25) is 0 Å². The van der Waals surface area contributed by atoms with Crippen molar-refractivity contribution in [2.24, 2.45) is 0 Å². The van der Waals surface area contributed by atoms with Crippen LogP contribution in [0.3, 0.4) is 0 Å². The predicted molar refractivity (Wildman–Crippen MR) is 116 cm³/mol. The van der Waals surface area contributed by atoms with Crippen LogP contribution >= 0.6 is 0 Å². The van der Waals surface area contributed by atoms with Gasteiger partial charge in [0.15, 0.2) is 0 Å². The molecule has 166 valence electrons. The molecule has 0 bridgehead atoms. The molecular weight excluding hydrogens is 384 g/mol. The number of amides is 2. The van der Waals surface area contributed by atoms with E-state index in [1.165, 1.54) is 6.92 Å². The van der Waals surface area contributed by atoms with Crippen LogP contribution < -0.4 is 5.32 Å². The first-order chi connectivity index (χ1) is 13.7. The summed E-state index contributed by atoms with van der Waals surface area (Å²) in [4.78, 5) is 37.0. The van der Waals surface area contributed by atoms with Crippen LogP contribution in [0.5, 0.6) is 0 Å². The van der Waals surface area contributed by atoms with Crippen LogP contribution in [0.25, 0.3) is 0 Å². The molecule has 7 heteroatoms. The largest absolute Gasteiger partial charge is 0.490 e. The van der Waals surface area contributed by atoms with Crippen LogP contribution in [-0.2, 0) is 23.9 Å². The summed E-state index contributed by atoms with van der Waals surface area (Å²) in [5, 5.41) is 3.19. The molecule has 0 radical (unpaired) electrons. The van der Waals surface area contributed by atoms with E-state index in [9.17, 15) is 14.4 Å². The summed E-state index contributed by atoms with van der Waals surface area (Å²) >= 11 is 0. The molecule has 0 spiro atoms. The van der Waals surface area contributed by atoms with Crippen molar-refractivity contribution >= 4 is 17.8 Å². The molecule has 1 heterocycles. The topological polar surface area (TPSA) is 84.9 Å². The van der Waals surface area contributed by atoms with Gasteiger partial charge in [-0.1, -0.05) is 19.2 Å². The molecule has 30 heavy (non-hydrogen) atoms. The van der Waals surface area contributed by atoms with Crippen molar-refractivity contribution in [1.29, 1.82) is 0 Å². The van der Waals surface area contributed by atoms with E-state index in [0.717, 1.165) is 22.7 Å². The summed E-state index contributed by atoms with van der Waals surface area (Å²) in [6.07, 6.45) is 6.37. The van der Waals surface area contributed by atoms with Gasteiger partial charge in [0.25, 0.3) is 11.8 Å². The van der Waals surface area contributed by atoms with Crippen molar-refractivity contribution < 1.29 is 23.9 Å². The van der Waals surface area contributed by atoms with Gasteiger partial charge in [-0.3, -0.25) is 14.5 Å². The van der Waals surface area contributed by atoms with Crippen molar-refractivity contribution in [3.63, 3.8) is 0 Å². The SMILES string of the molecule is C=C(/C=C\C)NC(C)C(=C)OC(C)(C)CC(C)(C)OC(=O)C(C)N1C(=O)C=CC1=O. The van der Waals surface area contributed by atoms with Crippen molar-refractivity contribution in [2.45, 2.75) is 78.2 Å². The monoisotopic (exact) mass is 418 g/mol. The van der Waals surface area contributed by atoms with E-state index >= 15 is 0 Å². The van der Waals surface area contributed by atoms with E-state index in [1.54, 1.807) is 13.8 Å². The lowest BCUT2D eigenvalue weighted by Gasteiger charge is -2.37. The molecule has 0 aromatic heterocycles. The van der Waals surface area contributed by atoms with Crippen molar-refractivity contribution in [3.8, 4) is 0 Å². The van der Waals surface area contributed by atoms with Crippen molar-refractivity contribution in [1.82, 2.24) is 10.2 Å². The maximum atomic E-state index is 12.6. The fourth-order valence-corrected chi connectivity index (χ4v) is 3.41. The Morgan fingerprint density at radius 2 is 1.60 bits per heavy atom. The third kappa shape index (κ3) is 7.21. The number of nitrogens with one attached hydrogen (secondary N) is 1. The Bertz CT molecular complexity index is 758. The number of imide groups is 1. The number of carbonyl (C=O) groups is 3. The number of hydrogen-bond donors (Lipinski definition) is 1. The smallest absolute Gasteiger partial charge is 0.329 e. The number of rotatable bonds is 11. The Morgan fingerprint density at radius 1 is 1.10 bits per heavy atom. The second kappa shape index (κ2) is 9.78. The summed E-state index contributed by atoms with van der Waals surface area (Å²) in [5.74, 6) is -1.18. The second-order valence-electron chi connectivity index (χ2n) is 8.63. The Labute approximate surface area is 179 Å². The molecular formula is C23H34N2O5. The standard InChI is InChI=1S/C23H34N2O5/c1-10-11-15(2)24-16(3)18(5)29-22(6,7)14-23(8,9)30-21(28)17(4)25-19(26)12-13-20(25)27/h10-13,16-17,24H,2,5,14H2,1,3-4,6-9H3/b11-10-. The van der Waals surface area contributed by atoms with Crippen LogP contribution in [0.15, 0.2) is 48.9 Å². The molecule has 0 fully saturated rings. The highest BCUT2D eigenvalue weighted by Crippen LogP contribution is 2.29. The fraction of sp³-hybridized carbons (Fsp3) is 0.522. The van der Waals surface area contributed by atoms with Crippen molar-refractivity contribution in [2.75, 3.05) is 0 Å². The van der Waals surface area contributed by atoms with E-state index in [-0.39, 0.29) is 6.04 Å². The molecule has 1 N–H and O–H groups in total. The minimum absolute atomic E-state index is 0.168. The molecule has 0 aliphatic carbocycles. The molecule has 7 nitrogen and oxygen atoms in total. The van der Waals surface area contributed by atoms with Crippen LogP contribution in [0.1, 0.15) is 54.9 Å². The van der Waals surface area contributed by atoms with Crippen molar-refractivity contribution in [3.05, 3.63) is 48.9 Å². The van der Waals surface area contributed by atoms with Gasteiger partial charge < -0.3 is 14.8 Å². The molecule has 1 rings (SSSR count). The zero-order valence-corrected chi connectivity index (χ0v) is 19.1. The summed E-state index contributed by atoms with van der Waals surface area (Å²) in [7, 11) is 0. The Hall–Kier alpha value is -2.83. The van der Waals surface area contributed by atoms with Gasteiger partial charge in [0.05, 0.1) is 6.04 Å². The number of allylic oxidation sites excluding steroid dienone is 2. The van der Waals surface area contributed by atoms with Gasteiger partial charge in [0, 0.05) is 24.3 Å². The molecule has 2 atom stereocenters. The van der Waals surface area contributed by atoms with Crippen LogP contribution in [0.2, 0.25) is 0 Å². The molecule has 0 saturated carbocycles. The summed E-state index contributed by atoms with van der Waals surface area (Å²) in [6.45, 7) is 20.5. The molecule has 1 aliphatic rings. The van der Waals surface area contributed by atoms with Crippen LogP contribution in [0.4, 0.5) is 0 Å². The average molecular weight is 419 g/mol. The highest BCUT2D eigenvalue weighted by Gasteiger charge is 2.39. The van der Waals surface area contributed by atoms with Crippen LogP contribution in [0, 0.1) is 0 Å². The predicted octanol–water partition coefficient (Wildman–Crippen LogP) is 3.39. The number of esters is 1. The maximum absolute atomic E-state index is 12.6. The van der Waals surface area contributed by atoms with Crippen LogP contribution in [-0.4, -0.2) is 46.0 Å². The summed E-state index contributed by atoms with van der Waals surface area (Å²) in [6, 6.07) is -1.18. The molecule has 0 aromatic carbocycles. The molecule has 2 amide bonds. The minimum atomic E-state index is -1.01. The van der Waals surface area contributed by atoms with Gasteiger partial charge in [-0.05, 0) is 54.5 Å². The fourth-order valence-electron chi connectivity index (χ4n) is 3.41. The summed E-state index contributed by atoms with van der Waals surface area (Å²) < 4.78 is 11.7. The minimum Gasteiger partial charge on any atom is -0.490 e. The first-order valence-electron chi connectivity index (χ1n) is 9.93.